The summed E-state index contributed by atoms with van der Waals surface area (Å²) in [5, 5.41) is 0. The average molecular weight is 384 g/mol. The normalized spacial score (nSPS) is 32.3. The molecule has 2 bridgehead atoms. The van der Waals surface area contributed by atoms with Gasteiger partial charge in [0, 0.05) is 0 Å². The average Bonchev–Trinajstić information content (AvgIpc) is 2.66. The van der Waals surface area contributed by atoms with E-state index in [1.807, 2.05) is 0 Å². The lowest BCUT2D eigenvalue weighted by molar-refractivity contribution is -0.178. The highest BCUT2D eigenvalue weighted by Crippen LogP contribution is 2.49. The Bertz CT molecular complexity index is 586. The van der Waals surface area contributed by atoms with E-state index in [2.05, 4.69) is 18.9 Å². The Morgan fingerprint density at radius 2 is 0.815 bits per heavy atom. The van der Waals surface area contributed by atoms with Gasteiger partial charge in [0.2, 0.25) is 0 Å². The third kappa shape index (κ3) is 3.19. The van der Waals surface area contributed by atoms with Gasteiger partial charge in [-0.05, 0) is 18.3 Å². The largest absolute Gasteiger partial charge is 0.468 e. The summed E-state index contributed by atoms with van der Waals surface area (Å²) in [6, 6.07) is 0. The number of ketones is 2. The smallest absolute Gasteiger partial charge is 0.316 e. The highest BCUT2D eigenvalue weighted by Gasteiger charge is 2.64. The topological polar surface area (TPSA) is 139 Å². The molecular formula is C17H20O10. The molecule has 0 radical (unpaired) electrons. The molecule has 0 aromatic heterocycles. The summed E-state index contributed by atoms with van der Waals surface area (Å²) in [7, 11) is 4.18. The van der Waals surface area contributed by atoms with Crippen molar-refractivity contribution >= 4 is 35.4 Å². The number of hydrogen-bond acceptors (Lipinski definition) is 10. The summed E-state index contributed by atoms with van der Waals surface area (Å²) < 4.78 is 18.6. The summed E-state index contributed by atoms with van der Waals surface area (Å²) in [6.45, 7) is 0. The Kier molecular flexibility index (Phi) is 5.97. The molecule has 10 heteroatoms. The van der Waals surface area contributed by atoms with Crippen molar-refractivity contribution in [3.8, 4) is 0 Å². The number of Topliss-reactive ketones (excluding diaryl/α,β-unsaturated/α-hetero) is 2. The van der Waals surface area contributed by atoms with Crippen molar-refractivity contribution in [2.45, 2.75) is 6.42 Å². The monoisotopic (exact) mass is 384 g/mol. The second-order valence-electron chi connectivity index (χ2n) is 6.37. The van der Waals surface area contributed by atoms with Crippen molar-refractivity contribution in [1.82, 2.24) is 0 Å². The second kappa shape index (κ2) is 7.85. The minimum atomic E-state index is -1.53. The van der Waals surface area contributed by atoms with Crippen molar-refractivity contribution in [2.75, 3.05) is 28.4 Å². The fraction of sp³-hybridized carbons (Fsp3) is 0.647. The lowest BCUT2D eigenvalue weighted by atomic mass is 9.53. The van der Waals surface area contributed by atoms with Gasteiger partial charge in [-0.2, -0.15) is 0 Å². The summed E-state index contributed by atoms with van der Waals surface area (Å²) in [4.78, 5) is 74.8. The zero-order chi connectivity index (χ0) is 20.5. The van der Waals surface area contributed by atoms with Crippen LogP contribution in [0.1, 0.15) is 6.42 Å². The first-order chi connectivity index (χ1) is 12.7. The van der Waals surface area contributed by atoms with E-state index in [9.17, 15) is 28.8 Å². The number of esters is 4. The van der Waals surface area contributed by atoms with Crippen LogP contribution in [0.25, 0.3) is 0 Å². The third-order valence-corrected chi connectivity index (χ3v) is 5.30. The van der Waals surface area contributed by atoms with Crippen LogP contribution in [0.4, 0.5) is 0 Å². The molecular weight excluding hydrogens is 364 g/mol. The first-order valence-corrected chi connectivity index (χ1v) is 8.13. The van der Waals surface area contributed by atoms with E-state index in [4.69, 9.17) is 0 Å². The number of carbonyl (C=O) groups is 6. The van der Waals surface area contributed by atoms with Gasteiger partial charge in [0.25, 0.3) is 0 Å². The Morgan fingerprint density at radius 3 is 1.00 bits per heavy atom. The molecule has 0 heterocycles. The maximum atomic E-state index is 12.9. The van der Waals surface area contributed by atoms with Crippen LogP contribution in [-0.2, 0) is 47.7 Å². The molecule has 2 unspecified atom stereocenters. The molecule has 0 N–H and O–H groups in total. The SMILES string of the molecule is COC(=O)[C@@H]1C(=O)[C@H](C(=O)OC)C2CC1[C@@H](C(=O)OC)C(=O)[C@H]2C(=O)OC. The number of carbonyl (C=O) groups excluding carboxylic acids is 6. The number of rotatable bonds is 4. The fourth-order valence-electron chi connectivity index (χ4n) is 4.15. The molecule has 2 aliphatic rings. The molecule has 148 valence electrons. The van der Waals surface area contributed by atoms with Gasteiger partial charge < -0.3 is 18.9 Å². The van der Waals surface area contributed by atoms with E-state index >= 15 is 0 Å². The van der Waals surface area contributed by atoms with Crippen molar-refractivity contribution < 1.29 is 47.7 Å². The van der Waals surface area contributed by atoms with Crippen LogP contribution in [0.2, 0.25) is 0 Å². The molecule has 0 saturated heterocycles. The molecule has 0 aromatic carbocycles. The van der Waals surface area contributed by atoms with Gasteiger partial charge in [0.15, 0.2) is 11.6 Å². The van der Waals surface area contributed by atoms with Gasteiger partial charge in [-0.1, -0.05) is 0 Å². The molecule has 0 spiro atoms. The Hall–Kier alpha value is -2.78. The predicted octanol–water partition coefficient (Wildman–Crippen LogP) is -1.07. The maximum Gasteiger partial charge on any atom is 0.316 e. The van der Waals surface area contributed by atoms with Crippen LogP contribution >= 0.6 is 0 Å². The zero-order valence-electron chi connectivity index (χ0n) is 15.3. The highest BCUT2D eigenvalue weighted by molar-refractivity contribution is 6.16. The summed E-state index contributed by atoms with van der Waals surface area (Å²) >= 11 is 0. The van der Waals surface area contributed by atoms with E-state index in [0.29, 0.717) is 0 Å². The number of fused-ring (bicyclic) bond motifs is 2. The van der Waals surface area contributed by atoms with Crippen molar-refractivity contribution in [2.24, 2.45) is 35.5 Å². The first kappa shape index (κ1) is 20.5. The molecule has 0 aromatic rings. The van der Waals surface area contributed by atoms with Crippen LogP contribution in [0.3, 0.4) is 0 Å². The molecule has 0 amide bonds. The van der Waals surface area contributed by atoms with E-state index in [-0.39, 0.29) is 6.42 Å². The summed E-state index contributed by atoms with van der Waals surface area (Å²) in [6.07, 6.45) is -0.101. The van der Waals surface area contributed by atoms with E-state index in [1.165, 1.54) is 0 Å². The van der Waals surface area contributed by atoms with Crippen molar-refractivity contribution in [3.05, 3.63) is 0 Å². The molecule has 2 fully saturated rings. The summed E-state index contributed by atoms with van der Waals surface area (Å²) in [5.74, 6) is -13.9. The molecule has 6 atom stereocenters. The molecule has 27 heavy (non-hydrogen) atoms. The first-order valence-electron chi connectivity index (χ1n) is 8.13. The summed E-state index contributed by atoms with van der Waals surface area (Å²) in [5.41, 5.74) is 0. The Balaban J connectivity index is 2.64. The number of ether oxygens (including phenoxy) is 4. The van der Waals surface area contributed by atoms with E-state index in [1.54, 1.807) is 0 Å². The minimum Gasteiger partial charge on any atom is -0.468 e. The molecule has 2 aliphatic carbocycles. The Morgan fingerprint density at radius 1 is 0.593 bits per heavy atom. The van der Waals surface area contributed by atoms with E-state index in [0.717, 1.165) is 28.4 Å². The van der Waals surface area contributed by atoms with Gasteiger partial charge >= 0.3 is 23.9 Å². The van der Waals surface area contributed by atoms with Crippen LogP contribution in [0.15, 0.2) is 0 Å². The van der Waals surface area contributed by atoms with Crippen LogP contribution in [0.5, 0.6) is 0 Å². The van der Waals surface area contributed by atoms with Gasteiger partial charge in [0.05, 0.1) is 28.4 Å². The van der Waals surface area contributed by atoms with Crippen molar-refractivity contribution in [1.29, 1.82) is 0 Å². The number of methoxy groups -OCH3 is 4. The lowest BCUT2D eigenvalue weighted by Gasteiger charge is -2.46. The second-order valence-corrected chi connectivity index (χ2v) is 6.37. The van der Waals surface area contributed by atoms with Crippen molar-refractivity contribution in [3.63, 3.8) is 0 Å². The minimum absolute atomic E-state index is 0.101. The standard InChI is InChI=1S/C17H20O10/c1-24-14(20)8-6-5-7(10(12(8)18)16(22)26-3)11(17(23)27-4)13(19)9(6)15(21)25-2/h6-11H,5H2,1-4H3/t6?,7?,8-,9+,10+,11-. The quantitative estimate of drug-likeness (QED) is 0.334. The molecule has 2 saturated carbocycles. The predicted molar refractivity (Wildman–Crippen MR) is 83.6 cm³/mol. The number of hydrogen-bond donors (Lipinski definition) is 0. The van der Waals surface area contributed by atoms with Gasteiger partial charge in [-0.25, -0.2) is 0 Å². The molecule has 10 nitrogen and oxygen atoms in total. The Labute approximate surface area is 154 Å². The maximum absolute atomic E-state index is 12.9. The highest BCUT2D eigenvalue weighted by atomic mass is 16.5. The van der Waals surface area contributed by atoms with Crippen LogP contribution in [-0.4, -0.2) is 63.9 Å². The van der Waals surface area contributed by atoms with E-state index < -0.39 is 71.0 Å². The third-order valence-electron chi connectivity index (χ3n) is 5.30. The molecule has 2 rings (SSSR count). The fourth-order valence-corrected chi connectivity index (χ4v) is 4.15. The van der Waals surface area contributed by atoms with Gasteiger partial charge in [0.1, 0.15) is 23.7 Å². The van der Waals surface area contributed by atoms with Gasteiger partial charge in [-0.15, -0.1) is 0 Å². The van der Waals surface area contributed by atoms with Gasteiger partial charge in [-0.3, -0.25) is 28.8 Å². The van der Waals surface area contributed by atoms with Crippen LogP contribution < -0.4 is 0 Å². The molecule has 0 aliphatic heterocycles. The lowest BCUT2D eigenvalue weighted by Crippen LogP contribution is -2.61. The van der Waals surface area contributed by atoms with Crippen LogP contribution in [0, 0.1) is 35.5 Å². The zero-order valence-corrected chi connectivity index (χ0v) is 15.3.